The van der Waals surface area contributed by atoms with Crippen molar-refractivity contribution < 1.29 is 8.42 Å². The minimum atomic E-state index is -3.34. The standard InChI is InChI=1S/C14H20Cl2N2O2S.ClH/c15-13-4-3-12(8-14(13)16)10-21(19,20)18-7-5-11-2-1-6-17-9-11;/h3-4,8,11,17-18H,1-2,5-7,9-10H2;1H. The molecule has 1 atom stereocenters. The van der Waals surface area contributed by atoms with Crippen LogP contribution in [0, 0.1) is 5.92 Å². The predicted octanol–water partition coefficient (Wildman–Crippen LogP) is 3.22. The first kappa shape index (κ1) is 20.0. The highest BCUT2D eigenvalue weighted by molar-refractivity contribution is 7.88. The van der Waals surface area contributed by atoms with E-state index in [9.17, 15) is 8.42 Å². The van der Waals surface area contributed by atoms with Crippen molar-refractivity contribution in [1.82, 2.24) is 10.0 Å². The molecule has 8 heteroatoms. The maximum absolute atomic E-state index is 12.0. The third-order valence-corrected chi connectivity index (χ3v) is 5.71. The lowest BCUT2D eigenvalue weighted by atomic mass is 9.96. The third-order valence-electron chi connectivity index (χ3n) is 3.61. The van der Waals surface area contributed by atoms with Gasteiger partial charge in [0.15, 0.2) is 0 Å². The van der Waals surface area contributed by atoms with Crippen molar-refractivity contribution in [3.05, 3.63) is 33.8 Å². The Hall–Kier alpha value is -0.0400. The van der Waals surface area contributed by atoms with Gasteiger partial charge in [0.1, 0.15) is 0 Å². The number of sulfonamides is 1. The van der Waals surface area contributed by atoms with E-state index < -0.39 is 10.0 Å². The molecule has 0 amide bonds. The Labute approximate surface area is 148 Å². The van der Waals surface area contributed by atoms with Crippen molar-refractivity contribution in [2.24, 2.45) is 5.92 Å². The zero-order chi connectivity index (χ0) is 15.3. The van der Waals surface area contributed by atoms with Gasteiger partial charge in [0.25, 0.3) is 0 Å². The minimum absolute atomic E-state index is 0. The first-order chi connectivity index (χ1) is 9.96. The van der Waals surface area contributed by atoms with Crippen molar-refractivity contribution in [3.63, 3.8) is 0 Å². The second-order valence-corrected chi connectivity index (χ2v) is 8.02. The number of rotatable bonds is 6. The molecule has 0 radical (unpaired) electrons. The molecule has 2 rings (SSSR count). The van der Waals surface area contributed by atoms with Gasteiger partial charge in [-0.05, 0) is 56.0 Å². The van der Waals surface area contributed by atoms with Crippen molar-refractivity contribution in [2.45, 2.75) is 25.0 Å². The van der Waals surface area contributed by atoms with Gasteiger partial charge in [0.05, 0.1) is 15.8 Å². The van der Waals surface area contributed by atoms with E-state index >= 15 is 0 Å². The molecular weight excluding hydrogens is 367 g/mol. The number of hydrogen-bond donors (Lipinski definition) is 2. The predicted molar refractivity (Wildman–Crippen MR) is 94.5 cm³/mol. The van der Waals surface area contributed by atoms with Crippen LogP contribution in [0.2, 0.25) is 10.0 Å². The smallest absolute Gasteiger partial charge is 0.215 e. The second kappa shape index (κ2) is 9.30. The Morgan fingerprint density at radius 2 is 2.05 bits per heavy atom. The lowest BCUT2D eigenvalue weighted by molar-refractivity contribution is 0.358. The van der Waals surface area contributed by atoms with E-state index in [2.05, 4.69) is 10.0 Å². The maximum atomic E-state index is 12.0. The molecule has 126 valence electrons. The molecule has 0 aliphatic carbocycles. The molecule has 1 aromatic rings. The molecule has 1 fully saturated rings. The quantitative estimate of drug-likeness (QED) is 0.788. The van der Waals surface area contributed by atoms with Crippen LogP contribution in [-0.2, 0) is 15.8 Å². The molecule has 4 nitrogen and oxygen atoms in total. The first-order valence-electron chi connectivity index (χ1n) is 7.08. The first-order valence-corrected chi connectivity index (χ1v) is 9.49. The molecule has 0 bridgehead atoms. The fourth-order valence-corrected chi connectivity index (χ4v) is 3.96. The zero-order valence-corrected chi connectivity index (χ0v) is 15.3. The molecule has 1 unspecified atom stereocenters. The van der Waals surface area contributed by atoms with Gasteiger partial charge in [-0.2, -0.15) is 0 Å². The summed E-state index contributed by atoms with van der Waals surface area (Å²) in [4.78, 5) is 0. The molecule has 0 saturated carbocycles. The average molecular weight is 388 g/mol. The van der Waals surface area contributed by atoms with Gasteiger partial charge in [-0.1, -0.05) is 29.3 Å². The van der Waals surface area contributed by atoms with Crippen molar-refractivity contribution in [1.29, 1.82) is 0 Å². The largest absolute Gasteiger partial charge is 0.316 e. The van der Waals surface area contributed by atoms with Crippen LogP contribution in [0.4, 0.5) is 0 Å². The highest BCUT2D eigenvalue weighted by Crippen LogP contribution is 2.23. The Morgan fingerprint density at radius 3 is 2.68 bits per heavy atom. The summed E-state index contributed by atoms with van der Waals surface area (Å²) in [7, 11) is -3.34. The number of nitrogens with one attached hydrogen (secondary N) is 2. The van der Waals surface area contributed by atoms with Crippen LogP contribution >= 0.6 is 35.6 Å². The Morgan fingerprint density at radius 1 is 1.27 bits per heavy atom. The molecule has 0 spiro atoms. The lowest BCUT2D eigenvalue weighted by Crippen LogP contribution is -2.33. The van der Waals surface area contributed by atoms with Crippen LogP contribution in [0.5, 0.6) is 0 Å². The molecule has 1 aliphatic rings. The van der Waals surface area contributed by atoms with Gasteiger partial charge < -0.3 is 5.32 Å². The summed E-state index contributed by atoms with van der Waals surface area (Å²) in [5, 5.41) is 4.13. The van der Waals surface area contributed by atoms with Crippen LogP contribution in [0.3, 0.4) is 0 Å². The van der Waals surface area contributed by atoms with E-state index in [0.717, 1.165) is 19.5 Å². The van der Waals surface area contributed by atoms with E-state index in [1.54, 1.807) is 18.2 Å². The minimum Gasteiger partial charge on any atom is -0.316 e. The maximum Gasteiger partial charge on any atom is 0.215 e. The fourth-order valence-electron chi connectivity index (χ4n) is 2.49. The molecule has 1 aromatic carbocycles. The molecule has 1 aliphatic heterocycles. The van der Waals surface area contributed by atoms with E-state index in [0.29, 0.717) is 28.1 Å². The van der Waals surface area contributed by atoms with Gasteiger partial charge in [0.2, 0.25) is 10.0 Å². The van der Waals surface area contributed by atoms with E-state index in [1.165, 1.54) is 12.8 Å². The normalized spacial score (nSPS) is 18.7. The lowest BCUT2D eigenvalue weighted by Gasteiger charge is -2.22. The zero-order valence-electron chi connectivity index (χ0n) is 12.1. The summed E-state index contributed by atoms with van der Waals surface area (Å²) in [6.45, 7) is 2.53. The summed E-state index contributed by atoms with van der Waals surface area (Å²) in [6.07, 6.45) is 3.20. The Kier molecular flexibility index (Phi) is 8.46. The Balaban J connectivity index is 0.00000242. The van der Waals surface area contributed by atoms with Crippen molar-refractivity contribution in [3.8, 4) is 0 Å². The monoisotopic (exact) mass is 386 g/mol. The van der Waals surface area contributed by atoms with Gasteiger partial charge in [0, 0.05) is 6.54 Å². The van der Waals surface area contributed by atoms with Crippen LogP contribution < -0.4 is 10.0 Å². The highest BCUT2D eigenvalue weighted by atomic mass is 35.5. The van der Waals surface area contributed by atoms with Gasteiger partial charge in [-0.25, -0.2) is 13.1 Å². The van der Waals surface area contributed by atoms with Gasteiger partial charge in [-0.3, -0.25) is 0 Å². The summed E-state index contributed by atoms with van der Waals surface area (Å²) in [5.41, 5.74) is 0.635. The van der Waals surface area contributed by atoms with E-state index in [-0.39, 0.29) is 18.2 Å². The average Bonchev–Trinajstić information content (AvgIpc) is 2.43. The third kappa shape index (κ3) is 6.60. The number of hydrogen-bond acceptors (Lipinski definition) is 3. The van der Waals surface area contributed by atoms with Gasteiger partial charge in [-0.15, -0.1) is 12.4 Å². The van der Waals surface area contributed by atoms with Crippen molar-refractivity contribution in [2.75, 3.05) is 19.6 Å². The van der Waals surface area contributed by atoms with Crippen LogP contribution in [0.15, 0.2) is 18.2 Å². The summed E-state index contributed by atoms with van der Waals surface area (Å²) in [6, 6.07) is 4.88. The van der Waals surface area contributed by atoms with Gasteiger partial charge >= 0.3 is 0 Å². The summed E-state index contributed by atoms with van der Waals surface area (Å²) in [5.74, 6) is 0.485. The van der Waals surface area contributed by atoms with Crippen LogP contribution in [-0.4, -0.2) is 28.1 Å². The number of piperidine rings is 1. The molecular formula is C14H21Cl3N2O2S. The van der Waals surface area contributed by atoms with E-state index in [4.69, 9.17) is 23.2 Å². The SMILES string of the molecule is Cl.O=S(=O)(Cc1ccc(Cl)c(Cl)c1)NCCC1CCCNC1. The molecule has 2 N–H and O–H groups in total. The fraction of sp³-hybridized carbons (Fsp3) is 0.571. The second-order valence-electron chi connectivity index (χ2n) is 5.40. The molecule has 22 heavy (non-hydrogen) atoms. The summed E-state index contributed by atoms with van der Waals surface area (Å²) < 4.78 is 26.7. The van der Waals surface area contributed by atoms with Crippen LogP contribution in [0.25, 0.3) is 0 Å². The number of benzene rings is 1. The Bertz CT molecular complexity index is 575. The molecule has 0 aromatic heterocycles. The number of halogens is 3. The highest BCUT2D eigenvalue weighted by Gasteiger charge is 2.16. The molecule has 1 heterocycles. The molecule has 1 saturated heterocycles. The van der Waals surface area contributed by atoms with Crippen molar-refractivity contribution >= 4 is 45.6 Å². The van der Waals surface area contributed by atoms with Crippen LogP contribution in [0.1, 0.15) is 24.8 Å². The summed E-state index contributed by atoms with van der Waals surface area (Å²) >= 11 is 11.7. The topological polar surface area (TPSA) is 58.2 Å². The van der Waals surface area contributed by atoms with E-state index in [1.807, 2.05) is 0 Å².